The molecule has 4 rings (SSSR count). The van der Waals surface area contributed by atoms with E-state index < -0.39 is 0 Å². The first-order valence-corrected chi connectivity index (χ1v) is 7.88. The van der Waals surface area contributed by atoms with Gasteiger partial charge in [-0.15, -0.1) is 0 Å². The summed E-state index contributed by atoms with van der Waals surface area (Å²) in [7, 11) is 0. The minimum Gasteiger partial charge on any atom is -0.375 e. The summed E-state index contributed by atoms with van der Waals surface area (Å²) in [4.78, 5) is 0. The van der Waals surface area contributed by atoms with Crippen LogP contribution in [0.5, 0.6) is 0 Å². The molecule has 2 bridgehead atoms. The highest BCUT2D eigenvalue weighted by molar-refractivity contribution is 7.80. The summed E-state index contributed by atoms with van der Waals surface area (Å²) in [5.74, 6) is 0.867. The molecule has 0 radical (unpaired) electrons. The average Bonchev–Trinajstić information content (AvgIpc) is 2.47. The molecule has 3 aliphatic carbocycles. The highest BCUT2D eigenvalue weighted by Gasteiger charge is 2.54. The Morgan fingerprint density at radius 3 is 2.68 bits per heavy atom. The van der Waals surface area contributed by atoms with Crippen LogP contribution in [0.2, 0.25) is 0 Å². The molecule has 2 unspecified atom stereocenters. The van der Waals surface area contributed by atoms with E-state index in [0.717, 1.165) is 24.1 Å². The Morgan fingerprint density at radius 1 is 1.41 bits per heavy atom. The number of hydrogen-bond acceptors (Lipinski definition) is 2. The summed E-state index contributed by atoms with van der Waals surface area (Å²) < 4.78 is 13.0. The van der Waals surface area contributed by atoms with Crippen LogP contribution in [0, 0.1) is 23.1 Å². The van der Waals surface area contributed by atoms with Gasteiger partial charge in [0, 0.05) is 5.92 Å². The van der Waals surface area contributed by atoms with E-state index in [4.69, 9.17) is 18.0 Å². The number of nitrogens with one attached hydrogen (secondary N) is 1. The van der Waals surface area contributed by atoms with E-state index in [-0.39, 0.29) is 16.3 Å². The lowest BCUT2D eigenvalue weighted by Crippen LogP contribution is -2.54. The van der Waals surface area contributed by atoms with Crippen molar-refractivity contribution in [2.24, 2.45) is 28.1 Å². The largest absolute Gasteiger partial charge is 0.375 e. The molecule has 0 aliphatic heterocycles. The summed E-state index contributed by atoms with van der Waals surface area (Å²) in [6.45, 7) is 4.58. The van der Waals surface area contributed by atoms with Gasteiger partial charge in [0.1, 0.15) is 5.82 Å². The van der Waals surface area contributed by atoms with Crippen LogP contribution < -0.4 is 11.2 Å². The summed E-state index contributed by atoms with van der Waals surface area (Å²) in [6.07, 6.45) is 4.23. The number of rotatable bonds is 2. The second-order valence-corrected chi connectivity index (χ2v) is 7.14. The van der Waals surface area contributed by atoms with Gasteiger partial charge in [-0.05, 0) is 65.7 Å². The molecule has 5 heteroatoms. The molecule has 3 nitrogen and oxygen atoms in total. The lowest BCUT2D eigenvalue weighted by atomic mass is 9.47. The fourth-order valence-electron chi connectivity index (χ4n) is 3.58. The average molecular weight is 317 g/mol. The first kappa shape index (κ1) is 15.2. The maximum absolute atomic E-state index is 13.0. The van der Waals surface area contributed by atoms with Crippen molar-refractivity contribution in [3.05, 3.63) is 41.2 Å². The number of nitrogens with two attached hydrogens (primary N) is 1. The number of benzene rings is 1. The van der Waals surface area contributed by atoms with Gasteiger partial charge >= 0.3 is 0 Å². The van der Waals surface area contributed by atoms with E-state index in [1.807, 2.05) is 0 Å². The topological polar surface area (TPSA) is 50.4 Å². The number of thiocarbonyl (C=S) groups is 1. The van der Waals surface area contributed by atoms with E-state index in [0.29, 0.717) is 11.8 Å². The number of allylic oxidation sites excluding steroid dienone is 1. The van der Waals surface area contributed by atoms with Crippen LogP contribution in [0.25, 0.3) is 6.08 Å². The Bertz CT molecular complexity index is 661. The minimum atomic E-state index is -0.223. The Morgan fingerprint density at radius 2 is 2.09 bits per heavy atom. The molecule has 22 heavy (non-hydrogen) atoms. The number of halogens is 1. The van der Waals surface area contributed by atoms with Crippen molar-refractivity contribution in [1.82, 2.24) is 5.43 Å². The second kappa shape index (κ2) is 5.47. The fourth-order valence-corrected chi connectivity index (χ4v) is 3.62. The van der Waals surface area contributed by atoms with Gasteiger partial charge in [-0.2, -0.15) is 5.10 Å². The van der Waals surface area contributed by atoms with E-state index in [1.165, 1.54) is 17.7 Å². The third kappa shape index (κ3) is 2.65. The molecule has 0 spiro atoms. The molecule has 2 atom stereocenters. The molecule has 0 saturated heterocycles. The summed E-state index contributed by atoms with van der Waals surface area (Å²) in [6, 6.07) is 6.52. The van der Waals surface area contributed by atoms with Crippen LogP contribution >= 0.6 is 12.2 Å². The zero-order chi connectivity index (χ0) is 15.9. The van der Waals surface area contributed by atoms with Crippen molar-refractivity contribution in [2.45, 2.75) is 26.7 Å². The van der Waals surface area contributed by atoms with Crippen LogP contribution in [0.15, 0.2) is 34.9 Å². The summed E-state index contributed by atoms with van der Waals surface area (Å²) in [5, 5.41) is 4.62. The lowest BCUT2D eigenvalue weighted by molar-refractivity contribution is 0.0141. The quantitative estimate of drug-likeness (QED) is 0.649. The molecule has 3 saturated carbocycles. The molecular formula is C17H20FN3S. The maximum Gasteiger partial charge on any atom is 0.184 e. The first-order valence-electron chi connectivity index (χ1n) is 7.47. The SMILES string of the molecule is CC1(C)C2CC(=Cc3ccc(F)cc3)C(=NNC(N)=S)C1C2. The van der Waals surface area contributed by atoms with E-state index >= 15 is 0 Å². The van der Waals surface area contributed by atoms with Gasteiger partial charge in [-0.1, -0.05) is 26.0 Å². The third-order valence-electron chi connectivity index (χ3n) is 5.09. The van der Waals surface area contributed by atoms with Crippen LogP contribution in [0.3, 0.4) is 0 Å². The number of hydrogen-bond donors (Lipinski definition) is 2. The van der Waals surface area contributed by atoms with Crippen LogP contribution in [0.1, 0.15) is 32.3 Å². The molecule has 3 fully saturated rings. The third-order valence-corrected chi connectivity index (χ3v) is 5.18. The van der Waals surface area contributed by atoms with Gasteiger partial charge in [0.15, 0.2) is 5.11 Å². The summed E-state index contributed by atoms with van der Waals surface area (Å²) in [5.41, 5.74) is 11.7. The van der Waals surface area contributed by atoms with Crippen LogP contribution in [-0.2, 0) is 0 Å². The van der Waals surface area contributed by atoms with Gasteiger partial charge in [-0.3, -0.25) is 5.43 Å². The predicted octanol–water partition coefficient (Wildman–Crippen LogP) is 3.46. The normalized spacial score (nSPS) is 29.2. The van der Waals surface area contributed by atoms with Gasteiger partial charge < -0.3 is 5.73 Å². The molecular weight excluding hydrogens is 297 g/mol. The molecule has 1 aromatic rings. The van der Waals surface area contributed by atoms with Gasteiger partial charge in [0.2, 0.25) is 0 Å². The van der Waals surface area contributed by atoms with Crippen LogP contribution in [-0.4, -0.2) is 10.8 Å². The zero-order valence-electron chi connectivity index (χ0n) is 12.8. The smallest absolute Gasteiger partial charge is 0.184 e. The van der Waals surface area contributed by atoms with E-state index in [2.05, 4.69) is 30.5 Å². The zero-order valence-corrected chi connectivity index (χ0v) is 13.6. The first-order chi connectivity index (χ1) is 10.4. The molecule has 0 aromatic heterocycles. The Hall–Kier alpha value is -1.75. The van der Waals surface area contributed by atoms with Crippen molar-refractivity contribution in [2.75, 3.05) is 0 Å². The van der Waals surface area contributed by atoms with Gasteiger partial charge in [-0.25, -0.2) is 4.39 Å². The maximum atomic E-state index is 13.0. The van der Waals surface area contributed by atoms with Crippen molar-refractivity contribution in [1.29, 1.82) is 0 Å². The number of nitrogens with zero attached hydrogens (tertiary/aromatic N) is 1. The molecule has 3 aliphatic rings. The van der Waals surface area contributed by atoms with Gasteiger partial charge in [0.05, 0.1) is 5.71 Å². The lowest BCUT2D eigenvalue weighted by Gasteiger charge is -2.57. The Balaban J connectivity index is 1.93. The molecule has 1 aromatic carbocycles. The van der Waals surface area contributed by atoms with Crippen molar-refractivity contribution < 1.29 is 4.39 Å². The highest BCUT2D eigenvalue weighted by atomic mass is 32.1. The van der Waals surface area contributed by atoms with E-state index in [9.17, 15) is 4.39 Å². The molecule has 0 amide bonds. The van der Waals surface area contributed by atoms with Crippen molar-refractivity contribution >= 4 is 29.1 Å². The second-order valence-electron chi connectivity index (χ2n) is 6.70. The number of fused-ring (bicyclic) bond motifs is 2. The molecule has 0 heterocycles. The van der Waals surface area contributed by atoms with Crippen LogP contribution in [0.4, 0.5) is 4.39 Å². The number of hydrazone groups is 1. The monoisotopic (exact) mass is 317 g/mol. The fraction of sp³-hybridized carbons (Fsp3) is 0.412. The Kier molecular flexibility index (Phi) is 3.77. The highest BCUT2D eigenvalue weighted by Crippen LogP contribution is 2.59. The molecule has 116 valence electrons. The minimum absolute atomic E-state index is 0.174. The predicted molar refractivity (Wildman–Crippen MR) is 91.7 cm³/mol. The van der Waals surface area contributed by atoms with Crippen molar-refractivity contribution in [3.63, 3.8) is 0 Å². The van der Waals surface area contributed by atoms with Crippen molar-refractivity contribution in [3.8, 4) is 0 Å². The van der Waals surface area contributed by atoms with Gasteiger partial charge in [0.25, 0.3) is 0 Å². The standard InChI is InChI=1S/C17H20FN3S/c1-17(2)12-8-11(7-10-3-5-13(18)6-4-10)15(14(17)9-12)20-21-16(19)22/h3-7,12,14H,8-9H2,1-2H3,(H3,19,21,22). The summed E-state index contributed by atoms with van der Waals surface area (Å²) >= 11 is 4.85. The Labute approximate surface area is 135 Å². The van der Waals surface area contributed by atoms with E-state index in [1.54, 1.807) is 12.1 Å². The molecule has 3 N–H and O–H groups in total.